The Balaban J connectivity index is 1.77. The van der Waals surface area contributed by atoms with Gasteiger partial charge in [-0.3, -0.25) is 0 Å². The van der Waals surface area contributed by atoms with Crippen LogP contribution in [0.5, 0.6) is 0 Å². The van der Waals surface area contributed by atoms with Crippen molar-refractivity contribution in [2.75, 3.05) is 7.11 Å². The van der Waals surface area contributed by atoms with Gasteiger partial charge in [-0.05, 0) is 35.4 Å². The first-order valence-corrected chi connectivity index (χ1v) is 8.48. The lowest BCUT2D eigenvalue weighted by Gasteiger charge is -2.07. The van der Waals surface area contributed by atoms with Gasteiger partial charge in [0, 0.05) is 12.6 Å². The van der Waals surface area contributed by atoms with Gasteiger partial charge >= 0.3 is 12.1 Å². The van der Waals surface area contributed by atoms with E-state index in [9.17, 15) is 18.0 Å². The number of alkyl halides is 3. The Morgan fingerprint density at radius 3 is 2.54 bits per heavy atom. The van der Waals surface area contributed by atoms with E-state index in [4.69, 9.17) is 0 Å². The SMILES string of the molecule is COC(=O)c1ccc(Cc2ncc(-c3cccc(C(F)(F)F)c3)s2)cc1. The van der Waals surface area contributed by atoms with Crippen LogP contribution in [0.15, 0.2) is 54.7 Å². The van der Waals surface area contributed by atoms with Crippen LogP contribution < -0.4 is 0 Å². The van der Waals surface area contributed by atoms with Crippen molar-refractivity contribution < 1.29 is 22.7 Å². The number of thiazole rings is 1. The largest absolute Gasteiger partial charge is 0.465 e. The van der Waals surface area contributed by atoms with E-state index in [1.54, 1.807) is 36.5 Å². The van der Waals surface area contributed by atoms with E-state index < -0.39 is 17.7 Å². The summed E-state index contributed by atoms with van der Waals surface area (Å²) in [7, 11) is 1.32. The Kier molecular flexibility index (Phi) is 5.08. The Bertz CT molecular complexity index is 917. The number of benzene rings is 2. The van der Waals surface area contributed by atoms with Gasteiger partial charge in [0.15, 0.2) is 0 Å². The summed E-state index contributed by atoms with van der Waals surface area (Å²) in [6, 6.07) is 12.2. The van der Waals surface area contributed by atoms with E-state index in [1.807, 2.05) is 0 Å². The third-order valence-corrected chi connectivity index (χ3v) is 4.80. The molecular formula is C19H14F3NO2S. The first-order valence-electron chi connectivity index (χ1n) is 7.66. The second-order valence-electron chi connectivity index (χ2n) is 5.56. The number of carbonyl (C=O) groups is 1. The highest BCUT2D eigenvalue weighted by atomic mass is 32.1. The molecule has 1 heterocycles. The first kappa shape index (κ1) is 18.1. The van der Waals surface area contributed by atoms with Gasteiger partial charge in [-0.15, -0.1) is 11.3 Å². The molecular weight excluding hydrogens is 363 g/mol. The van der Waals surface area contributed by atoms with Crippen LogP contribution in [0.1, 0.15) is 26.5 Å². The van der Waals surface area contributed by atoms with Gasteiger partial charge in [-0.1, -0.05) is 24.3 Å². The molecule has 0 N–H and O–H groups in total. The number of aromatic nitrogens is 1. The molecule has 3 aromatic rings. The second-order valence-corrected chi connectivity index (χ2v) is 6.68. The summed E-state index contributed by atoms with van der Waals surface area (Å²) < 4.78 is 43.2. The lowest BCUT2D eigenvalue weighted by atomic mass is 10.1. The summed E-state index contributed by atoms with van der Waals surface area (Å²) in [6.07, 6.45) is -2.26. The molecule has 0 amide bonds. The van der Waals surface area contributed by atoms with Gasteiger partial charge in [-0.2, -0.15) is 13.2 Å². The molecule has 134 valence electrons. The zero-order chi connectivity index (χ0) is 18.7. The maximum absolute atomic E-state index is 12.8. The Morgan fingerprint density at radius 2 is 1.88 bits per heavy atom. The quantitative estimate of drug-likeness (QED) is 0.586. The number of hydrogen-bond acceptors (Lipinski definition) is 4. The van der Waals surface area contributed by atoms with Crippen molar-refractivity contribution >= 4 is 17.3 Å². The molecule has 0 spiro atoms. The van der Waals surface area contributed by atoms with E-state index >= 15 is 0 Å². The molecule has 3 nitrogen and oxygen atoms in total. The predicted octanol–water partition coefficient (Wildman–Crippen LogP) is 5.21. The van der Waals surface area contributed by atoms with E-state index in [2.05, 4.69) is 9.72 Å². The number of carbonyl (C=O) groups excluding carboxylic acids is 1. The zero-order valence-corrected chi connectivity index (χ0v) is 14.5. The molecule has 7 heteroatoms. The third kappa shape index (κ3) is 4.11. The topological polar surface area (TPSA) is 39.2 Å². The minimum atomic E-state index is -4.37. The normalized spacial score (nSPS) is 11.4. The van der Waals surface area contributed by atoms with E-state index in [0.717, 1.165) is 22.7 Å². The van der Waals surface area contributed by atoms with Crippen LogP contribution in [0.25, 0.3) is 10.4 Å². The van der Waals surface area contributed by atoms with E-state index in [0.29, 0.717) is 22.4 Å². The van der Waals surface area contributed by atoms with Crippen LogP contribution >= 0.6 is 11.3 Å². The fraction of sp³-hybridized carbons (Fsp3) is 0.158. The fourth-order valence-electron chi connectivity index (χ4n) is 2.43. The highest BCUT2D eigenvalue weighted by Crippen LogP contribution is 2.34. The molecule has 0 unspecified atom stereocenters. The van der Waals surface area contributed by atoms with E-state index in [1.165, 1.54) is 24.5 Å². The monoisotopic (exact) mass is 377 g/mol. The average Bonchev–Trinajstić information content (AvgIpc) is 3.09. The minimum Gasteiger partial charge on any atom is -0.465 e. The lowest BCUT2D eigenvalue weighted by molar-refractivity contribution is -0.137. The van der Waals surface area contributed by atoms with Gasteiger partial charge in [0.1, 0.15) is 0 Å². The Hall–Kier alpha value is -2.67. The molecule has 26 heavy (non-hydrogen) atoms. The van der Waals surface area contributed by atoms with E-state index in [-0.39, 0.29) is 0 Å². The molecule has 0 radical (unpaired) electrons. The Labute approximate surface area is 152 Å². The maximum atomic E-state index is 12.8. The number of methoxy groups -OCH3 is 1. The second kappa shape index (κ2) is 7.29. The van der Waals surface area contributed by atoms with Crippen molar-refractivity contribution in [1.29, 1.82) is 0 Å². The van der Waals surface area contributed by atoms with Crippen molar-refractivity contribution in [1.82, 2.24) is 4.98 Å². The van der Waals surface area contributed by atoms with Crippen molar-refractivity contribution in [3.8, 4) is 10.4 Å². The number of rotatable bonds is 4. The van der Waals surface area contributed by atoms with Crippen molar-refractivity contribution in [2.45, 2.75) is 12.6 Å². The summed E-state index contributed by atoms with van der Waals surface area (Å²) in [6.45, 7) is 0. The predicted molar refractivity (Wildman–Crippen MR) is 93.1 cm³/mol. The van der Waals surface area contributed by atoms with Crippen LogP contribution in [0, 0.1) is 0 Å². The number of nitrogens with zero attached hydrogens (tertiary/aromatic N) is 1. The van der Waals surface area contributed by atoms with Gasteiger partial charge in [-0.25, -0.2) is 9.78 Å². The maximum Gasteiger partial charge on any atom is 0.416 e. The summed E-state index contributed by atoms with van der Waals surface area (Å²) in [5.74, 6) is -0.405. The van der Waals surface area contributed by atoms with Gasteiger partial charge < -0.3 is 4.74 Å². The number of esters is 1. The molecule has 2 aromatic carbocycles. The number of halogens is 3. The van der Waals surface area contributed by atoms with Crippen LogP contribution in [0.2, 0.25) is 0 Å². The molecule has 0 atom stereocenters. The fourth-order valence-corrected chi connectivity index (χ4v) is 3.37. The van der Waals surface area contributed by atoms with Crippen LogP contribution in [-0.2, 0) is 17.3 Å². The van der Waals surface area contributed by atoms with Gasteiger partial charge in [0.25, 0.3) is 0 Å². The minimum absolute atomic E-state index is 0.405. The number of hydrogen-bond donors (Lipinski definition) is 0. The van der Waals surface area contributed by atoms with Crippen molar-refractivity contribution in [2.24, 2.45) is 0 Å². The van der Waals surface area contributed by atoms with Gasteiger partial charge in [0.2, 0.25) is 0 Å². The van der Waals surface area contributed by atoms with Crippen LogP contribution in [0.3, 0.4) is 0 Å². The summed E-state index contributed by atoms with van der Waals surface area (Å²) in [5, 5.41) is 0.781. The van der Waals surface area contributed by atoms with Crippen molar-refractivity contribution in [3.05, 3.63) is 76.4 Å². The molecule has 0 fully saturated rings. The molecule has 0 saturated heterocycles. The standard InChI is InChI=1S/C19H14F3NO2S/c1-25-18(24)13-7-5-12(6-8-13)9-17-23-11-16(26-17)14-3-2-4-15(10-14)19(20,21)22/h2-8,10-11H,9H2,1H3. The number of ether oxygens (including phenoxy) is 1. The zero-order valence-electron chi connectivity index (χ0n) is 13.7. The molecule has 0 aliphatic heterocycles. The summed E-state index contributed by atoms with van der Waals surface area (Å²) >= 11 is 1.35. The molecule has 1 aromatic heterocycles. The van der Waals surface area contributed by atoms with Crippen molar-refractivity contribution in [3.63, 3.8) is 0 Å². The smallest absolute Gasteiger partial charge is 0.416 e. The highest BCUT2D eigenvalue weighted by Gasteiger charge is 2.30. The lowest BCUT2D eigenvalue weighted by Crippen LogP contribution is -2.04. The molecule has 0 aliphatic carbocycles. The molecule has 0 bridgehead atoms. The van der Waals surface area contributed by atoms with Crippen LogP contribution in [-0.4, -0.2) is 18.1 Å². The summed E-state index contributed by atoms with van der Waals surface area (Å²) in [5.41, 5.74) is 1.22. The highest BCUT2D eigenvalue weighted by molar-refractivity contribution is 7.15. The average molecular weight is 377 g/mol. The summed E-state index contributed by atoms with van der Waals surface area (Å²) in [4.78, 5) is 16.4. The third-order valence-electron chi connectivity index (χ3n) is 3.76. The molecule has 0 aliphatic rings. The Morgan fingerprint density at radius 1 is 1.15 bits per heavy atom. The van der Waals surface area contributed by atoms with Crippen LogP contribution in [0.4, 0.5) is 13.2 Å². The molecule has 3 rings (SSSR count). The van der Waals surface area contributed by atoms with Gasteiger partial charge in [0.05, 0.1) is 28.1 Å². The molecule has 0 saturated carbocycles. The first-order chi connectivity index (χ1) is 12.4.